The summed E-state index contributed by atoms with van der Waals surface area (Å²) in [6, 6.07) is -0.398. The van der Waals surface area contributed by atoms with Crippen molar-refractivity contribution in [3.8, 4) is 0 Å². The predicted octanol–water partition coefficient (Wildman–Crippen LogP) is -0.271. The Morgan fingerprint density at radius 2 is 2.12 bits per heavy atom. The van der Waals surface area contributed by atoms with E-state index in [0.29, 0.717) is 19.4 Å². The summed E-state index contributed by atoms with van der Waals surface area (Å²) in [7, 11) is 1.31. The molecule has 0 aromatic carbocycles. The second-order valence-corrected chi connectivity index (χ2v) is 4.12. The number of urea groups is 1. The number of nitrogens with one attached hydrogen (secondary N) is 2. The van der Waals surface area contributed by atoms with Gasteiger partial charge in [-0.05, 0) is 19.3 Å². The van der Waals surface area contributed by atoms with Crippen LogP contribution in [0.2, 0.25) is 0 Å². The molecule has 0 spiro atoms. The van der Waals surface area contributed by atoms with Crippen molar-refractivity contribution in [2.75, 3.05) is 13.7 Å². The van der Waals surface area contributed by atoms with Gasteiger partial charge in [0.2, 0.25) is 0 Å². The van der Waals surface area contributed by atoms with E-state index in [0.717, 1.165) is 6.42 Å². The third-order valence-corrected chi connectivity index (χ3v) is 2.69. The van der Waals surface area contributed by atoms with E-state index in [1.54, 1.807) is 0 Å². The van der Waals surface area contributed by atoms with E-state index in [4.69, 9.17) is 5.73 Å². The number of carbonyl (C=O) groups is 2. The lowest BCUT2D eigenvalue weighted by Gasteiger charge is -2.43. The maximum atomic E-state index is 11.6. The number of rotatable bonds is 4. The molecule has 0 aliphatic heterocycles. The van der Waals surface area contributed by atoms with Crippen LogP contribution >= 0.6 is 0 Å². The molecule has 2 amide bonds. The average Bonchev–Trinajstić information content (AvgIpc) is 2.22. The quantitative estimate of drug-likeness (QED) is 0.578. The minimum Gasteiger partial charge on any atom is -0.467 e. The molecule has 6 nitrogen and oxygen atoms in total. The number of ether oxygens (including phenoxy) is 1. The van der Waals surface area contributed by atoms with Crippen molar-refractivity contribution in [2.24, 2.45) is 5.73 Å². The van der Waals surface area contributed by atoms with Gasteiger partial charge in [-0.2, -0.15) is 0 Å². The first kappa shape index (κ1) is 12.8. The van der Waals surface area contributed by atoms with Gasteiger partial charge in [-0.15, -0.1) is 0 Å². The summed E-state index contributed by atoms with van der Waals surface area (Å²) in [5.74, 6) is -0.430. The molecule has 0 bridgehead atoms. The van der Waals surface area contributed by atoms with Crippen molar-refractivity contribution in [1.29, 1.82) is 0 Å². The normalized spacial score (nSPS) is 27.8. The van der Waals surface area contributed by atoms with E-state index in [1.807, 2.05) is 6.92 Å². The van der Waals surface area contributed by atoms with Crippen LogP contribution in [0.4, 0.5) is 4.79 Å². The third kappa shape index (κ3) is 2.63. The highest BCUT2D eigenvalue weighted by molar-refractivity contribution is 5.88. The van der Waals surface area contributed by atoms with Crippen molar-refractivity contribution in [1.82, 2.24) is 10.6 Å². The second-order valence-electron chi connectivity index (χ2n) is 4.12. The maximum Gasteiger partial charge on any atom is 0.331 e. The van der Waals surface area contributed by atoms with Crippen LogP contribution in [0.15, 0.2) is 0 Å². The van der Waals surface area contributed by atoms with Gasteiger partial charge in [-0.1, -0.05) is 6.92 Å². The molecule has 1 saturated carbocycles. The Kier molecular flexibility index (Phi) is 4.12. The summed E-state index contributed by atoms with van der Waals surface area (Å²) in [4.78, 5) is 23.0. The van der Waals surface area contributed by atoms with Crippen LogP contribution < -0.4 is 16.4 Å². The molecule has 6 heteroatoms. The van der Waals surface area contributed by atoms with Gasteiger partial charge < -0.3 is 21.1 Å². The fourth-order valence-corrected chi connectivity index (χ4v) is 1.85. The molecule has 1 aliphatic carbocycles. The predicted molar refractivity (Wildman–Crippen MR) is 58.8 cm³/mol. The number of carbonyl (C=O) groups excluding carboxylic acids is 2. The van der Waals surface area contributed by atoms with Gasteiger partial charge in [0.15, 0.2) is 0 Å². The summed E-state index contributed by atoms with van der Waals surface area (Å²) in [6.07, 6.45) is 1.70. The first-order valence-corrected chi connectivity index (χ1v) is 5.44. The summed E-state index contributed by atoms with van der Waals surface area (Å²) >= 11 is 0. The fraction of sp³-hybridized carbons (Fsp3) is 0.800. The number of esters is 1. The van der Waals surface area contributed by atoms with Gasteiger partial charge in [-0.25, -0.2) is 9.59 Å². The third-order valence-electron chi connectivity index (χ3n) is 2.69. The molecule has 4 N–H and O–H groups in total. The first-order chi connectivity index (χ1) is 7.54. The summed E-state index contributed by atoms with van der Waals surface area (Å²) in [5, 5.41) is 5.29. The van der Waals surface area contributed by atoms with Gasteiger partial charge in [0.25, 0.3) is 0 Å². The zero-order chi connectivity index (χ0) is 12.2. The lowest BCUT2D eigenvalue weighted by molar-refractivity contribution is -0.152. The molecule has 0 atom stereocenters. The van der Waals surface area contributed by atoms with Crippen molar-refractivity contribution >= 4 is 12.0 Å². The van der Waals surface area contributed by atoms with Crippen LogP contribution in [-0.2, 0) is 9.53 Å². The van der Waals surface area contributed by atoms with Crippen LogP contribution in [0.1, 0.15) is 26.2 Å². The first-order valence-electron chi connectivity index (χ1n) is 5.44. The molecular weight excluding hydrogens is 210 g/mol. The van der Waals surface area contributed by atoms with Crippen molar-refractivity contribution in [3.63, 3.8) is 0 Å². The van der Waals surface area contributed by atoms with E-state index in [9.17, 15) is 9.59 Å². The Hall–Kier alpha value is -1.30. The van der Waals surface area contributed by atoms with E-state index >= 15 is 0 Å². The summed E-state index contributed by atoms with van der Waals surface area (Å²) in [5.41, 5.74) is 4.72. The minimum absolute atomic E-state index is 0.0504. The summed E-state index contributed by atoms with van der Waals surface area (Å²) < 4.78 is 4.67. The molecule has 0 unspecified atom stereocenters. The summed E-state index contributed by atoms with van der Waals surface area (Å²) in [6.45, 7) is 2.53. The standard InChI is InChI=1S/C10H19N3O3/c1-3-4-12-9(15)13-10(8(14)16-2)5-7(11)6-10/h7H,3-6,11H2,1-2H3,(H2,12,13,15). The molecule has 0 aromatic heterocycles. The molecule has 0 heterocycles. The largest absolute Gasteiger partial charge is 0.467 e. The highest BCUT2D eigenvalue weighted by Gasteiger charge is 2.51. The zero-order valence-corrected chi connectivity index (χ0v) is 9.71. The number of methoxy groups -OCH3 is 1. The molecule has 0 aromatic rings. The Labute approximate surface area is 94.9 Å². The molecule has 1 aliphatic rings. The van der Waals surface area contributed by atoms with Gasteiger partial charge >= 0.3 is 12.0 Å². The number of nitrogens with two attached hydrogens (primary N) is 1. The smallest absolute Gasteiger partial charge is 0.331 e. The lowest BCUT2D eigenvalue weighted by atomic mass is 9.73. The molecular formula is C10H19N3O3. The lowest BCUT2D eigenvalue weighted by Crippen LogP contribution is -2.67. The number of hydrogen-bond donors (Lipinski definition) is 3. The minimum atomic E-state index is -0.925. The Morgan fingerprint density at radius 3 is 2.56 bits per heavy atom. The zero-order valence-electron chi connectivity index (χ0n) is 9.71. The fourth-order valence-electron chi connectivity index (χ4n) is 1.85. The topological polar surface area (TPSA) is 93.5 Å². The van der Waals surface area contributed by atoms with Gasteiger partial charge in [-0.3, -0.25) is 0 Å². The molecule has 16 heavy (non-hydrogen) atoms. The van der Waals surface area contributed by atoms with Crippen molar-refractivity contribution < 1.29 is 14.3 Å². The average molecular weight is 229 g/mol. The molecule has 0 radical (unpaired) electrons. The number of amides is 2. The van der Waals surface area contributed by atoms with Gasteiger partial charge in [0.1, 0.15) is 5.54 Å². The van der Waals surface area contributed by atoms with Crippen LogP contribution in [0, 0.1) is 0 Å². The van der Waals surface area contributed by atoms with Crippen molar-refractivity contribution in [3.05, 3.63) is 0 Å². The van der Waals surface area contributed by atoms with Gasteiger partial charge in [0.05, 0.1) is 7.11 Å². The second kappa shape index (κ2) is 5.16. The van der Waals surface area contributed by atoms with Crippen LogP contribution in [0.5, 0.6) is 0 Å². The van der Waals surface area contributed by atoms with Gasteiger partial charge in [0, 0.05) is 12.6 Å². The Bertz CT molecular complexity index is 274. The molecule has 0 saturated heterocycles. The van der Waals surface area contributed by atoms with E-state index in [2.05, 4.69) is 15.4 Å². The van der Waals surface area contributed by atoms with Crippen LogP contribution in [0.3, 0.4) is 0 Å². The number of hydrogen-bond acceptors (Lipinski definition) is 4. The maximum absolute atomic E-state index is 11.6. The van der Waals surface area contributed by atoms with E-state index < -0.39 is 11.5 Å². The Morgan fingerprint density at radius 1 is 1.50 bits per heavy atom. The molecule has 92 valence electrons. The molecule has 1 rings (SSSR count). The van der Waals surface area contributed by atoms with Crippen LogP contribution in [-0.4, -0.2) is 37.2 Å². The van der Waals surface area contributed by atoms with Crippen molar-refractivity contribution in [2.45, 2.75) is 37.8 Å². The molecule has 1 fully saturated rings. The van der Waals surface area contributed by atoms with Crippen LogP contribution in [0.25, 0.3) is 0 Å². The Balaban J connectivity index is 2.52. The highest BCUT2D eigenvalue weighted by Crippen LogP contribution is 2.32. The van der Waals surface area contributed by atoms with E-state index in [-0.39, 0.29) is 12.1 Å². The SMILES string of the molecule is CCCNC(=O)NC1(C(=O)OC)CC(N)C1. The van der Waals surface area contributed by atoms with E-state index in [1.165, 1.54) is 7.11 Å². The monoisotopic (exact) mass is 229 g/mol. The highest BCUT2D eigenvalue weighted by atomic mass is 16.5.